The molecule has 2 aromatic rings. The summed E-state index contributed by atoms with van der Waals surface area (Å²) in [6.45, 7) is 0. The summed E-state index contributed by atoms with van der Waals surface area (Å²) in [5, 5.41) is 14.9. The van der Waals surface area contributed by atoms with Gasteiger partial charge in [-0.15, -0.1) is 10.2 Å². The molecule has 0 fully saturated rings. The SMILES string of the molecule is CNC(c1nnn(C)n1)c1ccco1. The van der Waals surface area contributed by atoms with Crippen molar-refractivity contribution in [2.45, 2.75) is 6.04 Å². The monoisotopic (exact) mass is 193 g/mol. The van der Waals surface area contributed by atoms with Crippen LogP contribution >= 0.6 is 0 Å². The van der Waals surface area contributed by atoms with Crippen molar-refractivity contribution in [3.05, 3.63) is 30.0 Å². The van der Waals surface area contributed by atoms with Crippen molar-refractivity contribution in [1.82, 2.24) is 25.5 Å². The maximum absolute atomic E-state index is 5.27. The van der Waals surface area contributed by atoms with Crippen LogP contribution < -0.4 is 5.32 Å². The average Bonchev–Trinajstić information content (AvgIpc) is 2.79. The van der Waals surface area contributed by atoms with E-state index >= 15 is 0 Å². The minimum absolute atomic E-state index is 0.140. The second-order valence-electron chi connectivity index (χ2n) is 2.87. The third-order valence-corrected chi connectivity index (χ3v) is 1.90. The lowest BCUT2D eigenvalue weighted by atomic mass is 10.2. The average molecular weight is 193 g/mol. The first-order chi connectivity index (χ1) is 6.81. The van der Waals surface area contributed by atoms with Gasteiger partial charge in [0.2, 0.25) is 0 Å². The number of nitrogens with one attached hydrogen (secondary N) is 1. The van der Waals surface area contributed by atoms with Crippen LogP contribution in [0.2, 0.25) is 0 Å². The Labute approximate surface area is 80.9 Å². The van der Waals surface area contributed by atoms with Crippen LogP contribution in [0, 0.1) is 0 Å². The molecule has 0 saturated carbocycles. The van der Waals surface area contributed by atoms with Crippen LogP contribution in [-0.2, 0) is 7.05 Å². The molecule has 2 rings (SSSR count). The normalized spacial score (nSPS) is 13.0. The van der Waals surface area contributed by atoms with Crippen molar-refractivity contribution in [1.29, 1.82) is 0 Å². The molecular formula is C8H11N5O. The Morgan fingerprint density at radius 2 is 2.43 bits per heavy atom. The fourth-order valence-corrected chi connectivity index (χ4v) is 1.27. The molecule has 0 spiro atoms. The molecule has 2 heterocycles. The molecule has 0 radical (unpaired) electrons. The largest absolute Gasteiger partial charge is 0.467 e. The summed E-state index contributed by atoms with van der Waals surface area (Å²) in [6, 6.07) is 3.56. The summed E-state index contributed by atoms with van der Waals surface area (Å²) in [6.07, 6.45) is 1.62. The van der Waals surface area contributed by atoms with Crippen LogP contribution in [0.3, 0.4) is 0 Å². The summed E-state index contributed by atoms with van der Waals surface area (Å²) in [7, 11) is 3.55. The first-order valence-corrected chi connectivity index (χ1v) is 4.26. The lowest BCUT2D eigenvalue weighted by Gasteiger charge is -2.07. The van der Waals surface area contributed by atoms with Gasteiger partial charge < -0.3 is 9.73 Å². The number of furan rings is 1. The van der Waals surface area contributed by atoms with E-state index < -0.39 is 0 Å². The number of aryl methyl sites for hydroxylation is 1. The fraction of sp³-hybridized carbons (Fsp3) is 0.375. The van der Waals surface area contributed by atoms with Gasteiger partial charge in [0.05, 0.1) is 13.3 Å². The van der Waals surface area contributed by atoms with Crippen LogP contribution in [0.5, 0.6) is 0 Å². The van der Waals surface area contributed by atoms with Gasteiger partial charge in [-0.1, -0.05) is 0 Å². The Morgan fingerprint density at radius 3 is 2.93 bits per heavy atom. The Hall–Kier alpha value is -1.69. The molecule has 14 heavy (non-hydrogen) atoms. The van der Waals surface area contributed by atoms with E-state index in [1.165, 1.54) is 4.80 Å². The van der Waals surface area contributed by atoms with E-state index in [0.29, 0.717) is 5.82 Å². The molecule has 6 nitrogen and oxygen atoms in total. The van der Waals surface area contributed by atoms with Crippen LogP contribution in [0.1, 0.15) is 17.6 Å². The van der Waals surface area contributed by atoms with Crippen molar-refractivity contribution < 1.29 is 4.42 Å². The van der Waals surface area contributed by atoms with E-state index in [2.05, 4.69) is 20.7 Å². The highest BCUT2D eigenvalue weighted by atomic mass is 16.3. The number of aromatic nitrogens is 4. The maximum atomic E-state index is 5.27. The Kier molecular flexibility index (Phi) is 2.28. The summed E-state index contributed by atoms with van der Waals surface area (Å²) in [5.41, 5.74) is 0. The number of hydrogen-bond donors (Lipinski definition) is 1. The predicted octanol–water partition coefficient (Wildman–Crippen LogP) is 0.112. The molecule has 74 valence electrons. The smallest absolute Gasteiger partial charge is 0.199 e. The molecule has 2 aromatic heterocycles. The standard InChI is InChI=1S/C8H11N5O/c1-9-7(6-4-3-5-14-6)8-10-12-13(2)11-8/h3-5,7,9H,1-2H3. The quantitative estimate of drug-likeness (QED) is 0.749. The third kappa shape index (κ3) is 1.51. The molecule has 0 aliphatic carbocycles. The van der Waals surface area contributed by atoms with Crippen molar-refractivity contribution in [2.75, 3.05) is 7.05 Å². The summed E-state index contributed by atoms with van der Waals surface area (Å²) >= 11 is 0. The molecule has 0 bridgehead atoms. The second kappa shape index (κ2) is 3.59. The number of tetrazole rings is 1. The van der Waals surface area contributed by atoms with Gasteiger partial charge in [-0.05, 0) is 24.4 Å². The molecule has 1 atom stereocenters. The van der Waals surface area contributed by atoms with Crippen molar-refractivity contribution in [2.24, 2.45) is 7.05 Å². The van der Waals surface area contributed by atoms with Gasteiger partial charge in [-0.3, -0.25) is 0 Å². The Balaban J connectivity index is 2.31. The minimum Gasteiger partial charge on any atom is -0.467 e. The Bertz CT molecular complexity index is 394. The van der Waals surface area contributed by atoms with E-state index in [9.17, 15) is 0 Å². The number of hydrogen-bond acceptors (Lipinski definition) is 5. The Morgan fingerprint density at radius 1 is 1.57 bits per heavy atom. The number of nitrogens with zero attached hydrogens (tertiary/aromatic N) is 4. The predicted molar refractivity (Wildman–Crippen MR) is 48.4 cm³/mol. The lowest BCUT2D eigenvalue weighted by molar-refractivity contribution is 0.452. The molecule has 0 aromatic carbocycles. The van der Waals surface area contributed by atoms with Gasteiger partial charge in [0, 0.05) is 0 Å². The zero-order valence-corrected chi connectivity index (χ0v) is 8.01. The van der Waals surface area contributed by atoms with Gasteiger partial charge >= 0.3 is 0 Å². The fourth-order valence-electron chi connectivity index (χ4n) is 1.27. The van der Waals surface area contributed by atoms with Crippen molar-refractivity contribution in [3.63, 3.8) is 0 Å². The second-order valence-corrected chi connectivity index (χ2v) is 2.87. The molecule has 0 amide bonds. The van der Waals surface area contributed by atoms with Gasteiger partial charge in [0.15, 0.2) is 5.82 Å². The van der Waals surface area contributed by atoms with E-state index in [-0.39, 0.29) is 6.04 Å². The number of rotatable bonds is 3. The maximum Gasteiger partial charge on any atom is 0.199 e. The van der Waals surface area contributed by atoms with Crippen LogP contribution in [0.4, 0.5) is 0 Å². The van der Waals surface area contributed by atoms with Gasteiger partial charge in [0.1, 0.15) is 11.8 Å². The lowest BCUT2D eigenvalue weighted by Crippen LogP contribution is -2.18. The summed E-state index contributed by atoms with van der Waals surface area (Å²) < 4.78 is 5.27. The molecule has 6 heteroatoms. The highest BCUT2D eigenvalue weighted by molar-refractivity contribution is 5.12. The van der Waals surface area contributed by atoms with Crippen LogP contribution in [0.15, 0.2) is 22.8 Å². The molecular weight excluding hydrogens is 182 g/mol. The molecule has 0 aliphatic rings. The van der Waals surface area contributed by atoms with Gasteiger partial charge in [-0.25, -0.2) is 0 Å². The summed E-state index contributed by atoms with van der Waals surface area (Å²) in [5.74, 6) is 1.38. The molecule has 1 unspecified atom stereocenters. The molecule has 0 aliphatic heterocycles. The van der Waals surface area contributed by atoms with E-state index in [4.69, 9.17) is 4.42 Å². The van der Waals surface area contributed by atoms with Crippen molar-refractivity contribution >= 4 is 0 Å². The molecule has 1 N–H and O–H groups in total. The van der Waals surface area contributed by atoms with Crippen molar-refractivity contribution in [3.8, 4) is 0 Å². The third-order valence-electron chi connectivity index (χ3n) is 1.90. The minimum atomic E-state index is -0.140. The first-order valence-electron chi connectivity index (χ1n) is 4.26. The topological polar surface area (TPSA) is 68.8 Å². The van der Waals surface area contributed by atoms with E-state index in [0.717, 1.165) is 5.76 Å². The zero-order chi connectivity index (χ0) is 9.97. The first kappa shape index (κ1) is 8.89. The van der Waals surface area contributed by atoms with Gasteiger partial charge in [0.25, 0.3) is 0 Å². The van der Waals surface area contributed by atoms with Crippen LogP contribution in [0.25, 0.3) is 0 Å². The summed E-state index contributed by atoms with van der Waals surface area (Å²) in [4.78, 5) is 1.42. The van der Waals surface area contributed by atoms with Gasteiger partial charge in [-0.2, -0.15) is 4.80 Å². The molecule has 0 saturated heterocycles. The van der Waals surface area contributed by atoms with Crippen LogP contribution in [-0.4, -0.2) is 27.3 Å². The zero-order valence-electron chi connectivity index (χ0n) is 8.01. The highest BCUT2D eigenvalue weighted by Gasteiger charge is 2.19. The van der Waals surface area contributed by atoms with E-state index in [1.807, 2.05) is 19.2 Å². The van der Waals surface area contributed by atoms with E-state index in [1.54, 1.807) is 13.3 Å². The highest BCUT2D eigenvalue weighted by Crippen LogP contribution is 2.17.